The lowest BCUT2D eigenvalue weighted by atomic mass is 10.2. The number of hydrogen-bond acceptors (Lipinski definition) is 6. The highest BCUT2D eigenvalue weighted by Gasteiger charge is 2.07. The van der Waals surface area contributed by atoms with Crippen LogP contribution in [0.25, 0.3) is 0 Å². The van der Waals surface area contributed by atoms with Gasteiger partial charge < -0.3 is 24.7 Å². The smallest absolute Gasteiger partial charge is 0.344 e. The third kappa shape index (κ3) is 6.87. The van der Waals surface area contributed by atoms with Crippen LogP contribution in [0.4, 0.5) is 0 Å². The molecule has 7 nitrogen and oxygen atoms in total. The van der Waals surface area contributed by atoms with Crippen LogP contribution in [0.3, 0.4) is 0 Å². The Bertz CT molecular complexity index is 972. The lowest BCUT2D eigenvalue weighted by Gasteiger charge is -2.09. The van der Waals surface area contributed by atoms with Crippen LogP contribution in [0.5, 0.6) is 23.0 Å². The lowest BCUT2D eigenvalue weighted by molar-refractivity contribution is -0.147. The molecule has 2 N–H and O–H groups in total. The number of primary amides is 1. The topological polar surface area (TPSA) is 97.1 Å². The van der Waals surface area contributed by atoms with E-state index in [-0.39, 0.29) is 19.8 Å². The molecule has 0 saturated heterocycles. The number of hydrogen-bond donors (Lipinski definition) is 1. The van der Waals surface area contributed by atoms with Crippen molar-refractivity contribution in [3.8, 4) is 23.0 Å². The highest BCUT2D eigenvalue weighted by molar-refractivity contribution is 5.75. The molecule has 3 aromatic carbocycles. The summed E-state index contributed by atoms with van der Waals surface area (Å²) < 4.78 is 21.6. The second-order valence-electron chi connectivity index (χ2n) is 6.24. The predicted octanol–water partition coefficient (Wildman–Crippen LogP) is 3.47. The number of carbonyl (C=O) groups is 2. The first-order valence-corrected chi connectivity index (χ1v) is 9.20. The van der Waals surface area contributed by atoms with Crippen LogP contribution in [0.1, 0.15) is 5.56 Å². The van der Waals surface area contributed by atoms with Gasteiger partial charge in [0.05, 0.1) is 0 Å². The van der Waals surface area contributed by atoms with E-state index in [1.807, 2.05) is 30.3 Å². The maximum atomic E-state index is 11.9. The monoisotopic (exact) mass is 407 g/mol. The molecule has 0 fully saturated rings. The van der Waals surface area contributed by atoms with Gasteiger partial charge in [0.15, 0.2) is 13.2 Å². The molecule has 1 amide bonds. The van der Waals surface area contributed by atoms with Crippen molar-refractivity contribution in [1.82, 2.24) is 0 Å². The van der Waals surface area contributed by atoms with E-state index in [2.05, 4.69) is 0 Å². The van der Waals surface area contributed by atoms with Gasteiger partial charge in [-0.15, -0.1) is 0 Å². The van der Waals surface area contributed by atoms with Crippen LogP contribution in [-0.4, -0.2) is 25.1 Å². The maximum absolute atomic E-state index is 11.9. The second kappa shape index (κ2) is 10.5. The van der Waals surface area contributed by atoms with Crippen molar-refractivity contribution >= 4 is 11.9 Å². The number of nitrogens with two attached hydrogens (primary N) is 1. The largest absolute Gasteiger partial charge is 0.484 e. The van der Waals surface area contributed by atoms with Gasteiger partial charge in [-0.2, -0.15) is 0 Å². The molecule has 3 rings (SSSR count). The van der Waals surface area contributed by atoms with Crippen LogP contribution < -0.4 is 19.9 Å². The Balaban J connectivity index is 1.42. The van der Waals surface area contributed by atoms with Gasteiger partial charge in [-0.1, -0.05) is 30.3 Å². The summed E-state index contributed by atoms with van der Waals surface area (Å²) >= 11 is 0. The van der Waals surface area contributed by atoms with Gasteiger partial charge in [-0.3, -0.25) is 4.79 Å². The Morgan fingerprint density at radius 2 is 1.33 bits per heavy atom. The fourth-order valence-electron chi connectivity index (χ4n) is 2.46. The summed E-state index contributed by atoms with van der Waals surface area (Å²) in [5.41, 5.74) is 5.76. The van der Waals surface area contributed by atoms with Gasteiger partial charge >= 0.3 is 5.97 Å². The zero-order chi connectivity index (χ0) is 21.2. The molecular formula is C23H21NO6. The number of benzene rings is 3. The van der Waals surface area contributed by atoms with E-state index in [9.17, 15) is 9.59 Å². The first kappa shape index (κ1) is 20.7. The predicted molar refractivity (Wildman–Crippen MR) is 109 cm³/mol. The quantitative estimate of drug-likeness (QED) is 0.517. The van der Waals surface area contributed by atoms with Crippen LogP contribution in [0.2, 0.25) is 0 Å². The number of amides is 1. The van der Waals surface area contributed by atoms with Gasteiger partial charge in [-0.25, -0.2) is 4.79 Å². The fourth-order valence-corrected chi connectivity index (χ4v) is 2.46. The SMILES string of the molecule is NC(=O)COc1cccc(COC(=O)COc2ccc(Oc3ccccc3)cc2)c1. The Hall–Kier alpha value is -4.00. The summed E-state index contributed by atoms with van der Waals surface area (Å²) in [7, 11) is 0. The number of rotatable bonds is 10. The van der Waals surface area contributed by atoms with Crippen LogP contribution in [0, 0.1) is 0 Å². The minimum absolute atomic E-state index is 0.0554. The molecule has 0 unspecified atom stereocenters. The van der Waals surface area contributed by atoms with Gasteiger partial charge in [-0.05, 0) is 54.1 Å². The first-order valence-electron chi connectivity index (χ1n) is 9.20. The minimum Gasteiger partial charge on any atom is -0.484 e. The number of para-hydroxylation sites is 1. The maximum Gasteiger partial charge on any atom is 0.344 e. The highest BCUT2D eigenvalue weighted by atomic mass is 16.6. The third-order valence-electron chi connectivity index (χ3n) is 3.84. The summed E-state index contributed by atoms with van der Waals surface area (Å²) in [5.74, 6) is 1.31. The van der Waals surface area contributed by atoms with Crippen LogP contribution in [0.15, 0.2) is 78.9 Å². The van der Waals surface area contributed by atoms with E-state index in [4.69, 9.17) is 24.7 Å². The summed E-state index contributed by atoms with van der Waals surface area (Å²) in [6, 6.07) is 23.2. The zero-order valence-electron chi connectivity index (χ0n) is 16.2. The van der Waals surface area contributed by atoms with E-state index in [0.29, 0.717) is 22.8 Å². The first-order chi connectivity index (χ1) is 14.6. The fraction of sp³-hybridized carbons (Fsp3) is 0.130. The minimum atomic E-state index is -0.566. The second-order valence-corrected chi connectivity index (χ2v) is 6.24. The normalized spacial score (nSPS) is 10.1. The molecule has 0 aromatic heterocycles. The molecule has 154 valence electrons. The molecule has 0 atom stereocenters. The molecule has 0 aliphatic heterocycles. The standard InChI is InChI=1S/C23H21NO6/c24-22(25)15-27-21-8-4-5-17(13-21)14-29-23(26)16-28-18-9-11-20(12-10-18)30-19-6-2-1-3-7-19/h1-13H,14-16H2,(H2,24,25). The van der Waals surface area contributed by atoms with E-state index in [1.54, 1.807) is 48.5 Å². The zero-order valence-corrected chi connectivity index (χ0v) is 16.2. The Kier molecular flexibility index (Phi) is 7.27. The summed E-state index contributed by atoms with van der Waals surface area (Å²) in [4.78, 5) is 22.7. The van der Waals surface area contributed by atoms with Crippen molar-refractivity contribution in [3.05, 3.63) is 84.4 Å². The van der Waals surface area contributed by atoms with Crippen molar-refractivity contribution in [2.75, 3.05) is 13.2 Å². The van der Waals surface area contributed by atoms with E-state index >= 15 is 0 Å². The molecule has 0 heterocycles. The average Bonchev–Trinajstić information content (AvgIpc) is 2.77. The van der Waals surface area contributed by atoms with Gasteiger partial charge in [0.25, 0.3) is 5.91 Å². The highest BCUT2D eigenvalue weighted by Crippen LogP contribution is 2.23. The summed E-state index contributed by atoms with van der Waals surface area (Å²) in [6.07, 6.45) is 0. The molecule has 3 aromatic rings. The van der Waals surface area contributed by atoms with Crippen molar-refractivity contribution in [3.63, 3.8) is 0 Å². The Morgan fingerprint density at radius 3 is 2.07 bits per heavy atom. The Labute approximate surface area is 173 Å². The van der Waals surface area contributed by atoms with Crippen molar-refractivity contribution in [2.45, 2.75) is 6.61 Å². The van der Waals surface area contributed by atoms with Crippen LogP contribution >= 0.6 is 0 Å². The molecule has 30 heavy (non-hydrogen) atoms. The van der Waals surface area contributed by atoms with Gasteiger partial charge in [0.1, 0.15) is 29.6 Å². The van der Waals surface area contributed by atoms with Crippen molar-refractivity contribution in [2.24, 2.45) is 5.73 Å². The van der Waals surface area contributed by atoms with Crippen molar-refractivity contribution < 1.29 is 28.5 Å². The molecule has 7 heteroatoms. The molecule has 0 spiro atoms. The number of carbonyl (C=O) groups excluding carboxylic acids is 2. The van der Waals surface area contributed by atoms with E-state index in [1.165, 1.54) is 0 Å². The van der Waals surface area contributed by atoms with Gasteiger partial charge in [0.2, 0.25) is 0 Å². The van der Waals surface area contributed by atoms with Gasteiger partial charge in [0, 0.05) is 0 Å². The Morgan fingerprint density at radius 1 is 0.700 bits per heavy atom. The molecular weight excluding hydrogens is 386 g/mol. The molecule has 0 radical (unpaired) electrons. The van der Waals surface area contributed by atoms with E-state index < -0.39 is 11.9 Å². The lowest BCUT2D eigenvalue weighted by Crippen LogP contribution is -2.20. The van der Waals surface area contributed by atoms with E-state index in [0.717, 1.165) is 5.75 Å². The summed E-state index contributed by atoms with van der Waals surface area (Å²) in [6.45, 7) is -0.386. The number of esters is 1. The molecule has 0 aliphatic carbocycles. The van der Waals surface area contributed by atoms with Crippen LogP contribution in [-0.2, 0) is 20.9 Å². The average molecular weight is 407 g/mol. The number of ether oxygens (including phenoxy) is 4. The molecule has 0 bridgehead atoms. The third-order valence-corrected chi connectivity index (χ3v) is 3.84. The summed E-state index contributed by atoms with van der Waals surface area (Å²) in [5, 5.41) is 0. The molecule has 0 saturated carbocycles. The molecule has 0 aliphatic rings. The van der Waals surface area contributed by atoms with Crippen molar-refractivity contribution in [1.29, 1.82) is 0 Å².